The van der Waals surface area contributed by atoms with E-state index in [-0.39, 0.29) is 6.09 Å². The van der Waals surface area contributed by atoms with Crippen molar-refractivity contribution in [2.45, 2.75) is 58.6 Å². The van der Waals surface area contributed by atoms with Crippen molar-refractivity contribution in [1.29, 1.82) is 0 Å². The first-order valence-corrected chi connectivity index (χ1v) is 7.05. The third-order valence-corrected chi connectivity index (χ3v) is 4.01. The number of carbonyl (C=O) groups excluding carboxylic acids is 1. The van der Waals surface area contributed by atoms with Crippen molar-refractivity contribution in [2.75, 3.05) is 19.6 Å². The van der Waals surface area contributed by atoms with Crippen molar-refractivity contribution < 1.29 is 9.53 Å². The summed E-state index contributed by atoms with van der Waals surface area (Å²) in [6.07, 6.45) is 3.80. The van der Waals surface area contributed by atoms with Crippen molar-refractivity contribution in [3.63, 3.8) is 0 Å². The monoisotopic (exact) mass is 254 g/mol. The zero-order chi connectivity index (χ0) is 13.4. The van der Waals surface area contributed by atoms with Gasteiger partial charge in [-0.05, 0) is 45.4 Å². The molecule has 0 bridgehead atoms. The van der Waals surface area contributed by atoms with Crippen LogP contribution in [-0.2, 0) is 4.74 Å². The zero-order valence-electron chi connectivity index (χ0n) is 12.1. The predicted molar refractivity (Wildman–Crippen MR) is 71.6 cm³/mol. The minimum atomic E-state index is -0.393. The van der Waals surface area contributed by atoms with Crippen LogP contribution in [0.4, 0.5) is 4.79 Å². The molecule has 1 amide bonds. The SMILES string of the molecule is CCC1(CNC2CN(C(=O)OC(C)(C)C)C2)CC1. The second kappa shape index (κ2) is 4.72. The van der Waals surface area contributed by atoms with Gasteiger partial charge in [0.2, 0.25) is 0 Å². The molecule has 1 saturated carbocycles. The summed E-state index contributed by atoms with van der Waals surface area (Å²) in [5, 5.41) is 3.57. The number of carbonyl (C=O) groups is 1. The summed E-state index contributed by atoms with van der Waals surface area (Å²) >= 11 is 0. The fourth-order valence-electron chi connectivity index (χ4n) is 2.28. The lowest BCUT2D eigenvalue weighted by atomic mass is 10.0. The first-order chi connectivity index (χ1) is 8.34. The number of hydrogen-bond donors (Lipinski definition) is 1. The second-order valence-corrected chi connectivity index (χ2v) is 6.82. The van der Waals surface area contributed by atoms with Gasteiger partial charge in [0.15, 0.2) is 0 Å². The average Bonchev–Trinajstić information content (AvgIpc) is 2.93. The number of nitrogens with zero attached hydrogens (tertiary/aromatic N) is 1. The summed E-state index contributed by atoms with van der Waals surface area (Å²) in [5.74, 6) is 0. The molecule has 0 aromatic rings. The summed E-state index contributed by atoms with van der Waals surface area (Å²) in [7, 11) is 0. The van der Waals surface area contributed by atoms with Crippen LogP contribution in [0.15, 0.2) is 0 Å². The van der Waals surface area contributed by atoms with Crippen molar-refractivity contribution in [1.82, 2.24) is 10.2 Å². The van der Waals surface area contributed by atoms with Crippen molar-refractivity contribution in [3.05, 3.63) is 0 Å². The molecule has 1 heterocycles. The van der Waals surface area contributed by atoms with Gasteiger partial charge in [-0.1, -0.05) is 6.92 Å². The first-order valence-electron chi connectivity index (χ1n) is 7.05. The van der Waals surface area contributed by atoms with E-state index in [0.717, 1.165) is 19.6 Å². The molecule has 2 aliphatic rings. The molecule has 1 aliphatic heterocycles. The predicted octanol–water partition coefficient (Wildman–Crippen LogP) is 2.39. The standard InChI is InChI=1S/C14H26N2O2/c1-5-14(6-7-14)10-15-11-8-16(9-11)12(17)18-13(2,3)4/h11,15H,5-10H2,1-4H3. The van der Waals surface area contributed by atoms with Gasteiger partial charge < -0.3 is 15.0 Å². The molecule has 2 fully saturated rings. The van der Waals surface area contributed by atoms with Gasteiger partial charge in [-0.25, -0.2) is 4.79 Å². The topological polar surface area (TPSA) is 41.6 Å². The lowest BCUT2D eigenvalue weighted by Gasteiger charge is -2.40. The summed E-state index contributed by atoms with van der Waals surface area (Å²) in [5.41, 5.74) is 0.183. The van der Waals surface area contributed by atoms with Crippen molar-refractivity contribution in [3.8, 4) is 0 Å². The largest absolute Gasteiger partial charge is 0.444 e. The van der Waals surface area contributed by atoms with Crippen LogP contribution >= 0.6 is 0 Å². The third kappa shape index (κ3) is 3.37. The second-order valence-electron chi connectivity index (χ2n) is 6.82. The van der Waals surface area contributed by atoms with Gasteiger partial charge in [0.25, 0.3) is 0 Å². The van der Waals surface area contributed by atoms with E-state index in [1.54, 1.807) is 4.90 Å². The highest BCUT2D eigenvalue weighted by atomic mass is 16.6. The number of likely N-dealkylation sites (tertiary alicyclic amines) is 1. The van der Waals surface area contributed by atoms with Crippen LogP contribution in [0.2, 0.25) is 0 Å². The van der Waals surface area contributed by atoms with Crippen LogP contribution in [0, 0.1) is 5.41 Å². The van der Waals surface area contributed by atoms with Gasteiger partial charge in [-0.15, -0.1) is 0 Å². The normalized spacial score (nSPS) is 22.6. The molecule has 2 rings (SSSR count). The van der Waals surface area contributed by atoms with Crippen LogP contribution in [0.1, 0.15) is 47.0 Å². The van der Waals surface area contributed by atoms with Gasteiger partial charge in [0, 0.05) is 25.7 Å². The molecule has 0 aromatic heterocycles. The van der Waals surface area contributed by atoms with Gasteiger partial charge in [-0.2, -0.15) is 0 Å². The third-order valence-electron chi connectivity index (χ3n) is 4.01. The zero-order valence-corrected chi connectivity index (χ0v) is 12.1. The molecule has 1 aliphatic carbocycles. The fraction of sp³-hybridized carbons (Fsp3) is 0.929. The minimum absolute atomic E-state index is 0.183. The highest BCUT2D eigenvalue weighted by Crippen LogP contribution is 2.48. The van der Waals surface area contributed by atoms with E-state index < -0.39 is 5.60 Å². The summed E-state index contributed by atoms with van der Waals surface area (Å²) in [6, 6.07) is 0.460. The molecule has 0 spiro atoms. The highest BCUT2D eigenvalue weighted by molar-refractivity contribution is 5.69. The first kappa shape index (κ1) is 13.7. The van der Waals surface area contributed by atoms with Crippen molar-refractivity contribution in [2.24, 2.45) is 5.41 Å². The van der Waals surface area contributed by atoms with Crippen LogP contribution in [-0.4, -0.2) is 42.3 Å². The molecule has 0 unspecified atom stereocenters. The lowest BCUT2D eigenvalue weighted by Crippen LogP contribution is -2.61. The van der Waals surface area contributed by atoms with E-state index in [4.69, 9.17) is 4.74 Å². The number of amides is 1. The van der Waals surface area contributed by atoms with E-state index in [1.165, 1.54) is 19.3 Å². The minimum Gasteiger partial charge on any atom is -0.444 e. The summed E-state index contributed by atoms with van der Waals surface area (Å²) < 4.78 is 5.33. The number of ether oxygens (including phenoxy) is 1. The maximum absolute atomic E-state index is 11.7. The lowest BCUT2D eigenvalue weighted by molar-refractivity contribution is 0.00489. The highest BCUT2D eigenvalue weighted by Gasteiger charge is 2.42. The Hall–Kier alpha value is -0.770. The quantitative estimate of drug-likeness (QED) is 0.837. The molecule has 18 heavy (non-hydrogen) atoms. The fourth-order valence-corrected chi connectivity index (χ4v) is 2.28. The van der Waals surface area contributed by atoms with Crippen LogP contribution in [0.3, 0.4) is 0 Å². The molecule has 1 N–H and O–H groups in total. The molecule has 4 nitrogen and oxygen atoms in total. The van der Waals surface area contributed by atoms with Gasteiger partial charge >= 0.3 is 6.09 Å². The molecule has 0 radical (unpaired) electrons. The Balaban J connectivity index is 1.63. The smallest absolute Gasteiger partial charge is 0.410 e. The number of rotatable bonds is 4. The Labute approximate surface area is 110 Å². The Bertz CT molecular complexity index is 312. The molecule has 104 valence electrons. The van der Waals surface area contributed by atoms with Crippen LogP contribution in [0.25, 0.3) is 0 Å². The Morgan fingerprint density at radius 1 is 1.39 bits per heavy atom. The number of hydrogen-bond acceptors (Lipinski definition) is 3. The van der Waals surface area contributed by atoms with E-state index >= 15 is 0 Å². The van der Waals surface area contributed by atoms with E-state index in [0.29, 0.717) is 11.5 Å². The maximum Gasteiger partial charge on any atom is 0.410 e. The van der Waals surface area contributed by atoms with Gasteiger partial charge in [0.05, 0.1) is 0 Å². The van der Waals surface area contributed by atoms with Gasteiger partial charge in [0.1, 0.15) is 5.60 Å². The summed E-state index contributed by atoms with van der Waals surface area (Å²) in [4.78, 5) is 13.5. The Kier molecular flexibility index (Phi) is 3.58. The maximum atomic E-state index is 11.7. The molecule has 4 heteroatoms. The van der Waals surface area contributed by atoms with E-state index in [1.807, 2.05) is 20.8 Å². The van der Waals surface area contributed by atoms with Crippen molar-refractivity contribution >= 4 is 6.09 Å². The van der Waals surface area contributed by atoms with E-state index in [9.17, 15) is 4.79 Å². The summed E-state index contributed by atoms with van der Waals surface area (Å²) in [6.45, 7) is 10.7. The van der Waals surface area contributed by atoms with Crippen LogP contribution < -0.4 is 5.32 Å². The molecular weight excluding hydrogens is 228 g/mol. The Morgan fingerprint density at radius 2 is 2.00 bits per heavy atom. The van der Waals surface area contributed by atoms with Crippen LogP contribution in [0.5, 0.6) is 0 Å². The Morgan fingerprint density at radius 3 is 2.44 bits per heavy atom. The molecule has 1 saturated heterocycles. The van der Waals surface area contributed by atoms with E-state index in [2.05, 4.69) is 12.2 Å². The molecule has 0 atom stereocenters. The molecule has 0 aromatic carbocycles. The number of nitrogens with one attached hydrogen (secondary N) is 1. The average molecular weight is 254 g/mol. The van der Waals surface area contributed by atoms with Gasteiger partial charge in [-0.3, -0.25) is 0 Å². The molecular formula is C14H26N2O2.